The van der Waals surface area contributed by atoms with Crippen LogP contribution in [0, 0.1) is 0 Å². The molecular formula is C11H7F3N2O4S2. The number of carboxylic acids is 1. The lowest BCUT2D eigenvalue weighted by Gasteiger charge is -2.13. The monoisotopic (exact) mass is 352 g/mol. The number of hydrogen-bond acceptors (Lipinski definition) is 5. The second-order valence-electron chi connectivity index (χ2n) is 3.94. The molecule has 0 saturated heterocycles. The number of aromatic nitrogens is 1. The molecular weight excluding hydrogens is 345 g/mol. The summed E-state index contributed by atoms with van der Waals surface area (Å²) in [4.78, 5) is 13.2. The molecule has 6 nitrogen and oxygen atoms in total. The number of alkyl halides is 3. The van der Waals surface area contributed by atoms with Crippen LogP contribution in [0.2, 0.25) is 0 Å². The molecule has 0 saturated carbocycles. The maximum Gasteiger partial charge on any atom is 0.417 e. The first kappa shape index (κ1) is 16.2. The van der Waals surface area contributed by atoms with Gasteiger partial charge in [-0.3, -0.25) is 4.72 Å². The van der Waals surface area contributed by atoms with E-state index in [1.807, 2.05) is 4.72 Å². The quantitative estimate of drug-likeness (QED) is 0.882. The Labute approximate surface area is 126 Å². The van der Waals surface area contributed by atoms with Crippen molar-refractivity contribution in [3.05, 3.63) is 40.9 Å². The first-order valence-electron chi connectivity index (χ1n) is 5.49. The number of nitrogens with one attached hydrogen (secondary N) is 1. The van der Waals surface area contributed by atoms with Crippen LogP contribution in [-0.4, -0.2) is 24.5 Å². The molecule has 22 heavy (non-hydrogen) atoms. The summed E-state index contributed by atoms with van der Waals surface area (Å²) in [5.41, 5.74) is -1.73. The summed E-state index contributed by atoms with van der Waals surface area (Å²) in [5.74, 6) is -1.38. The molecule has 0 atom stereocenters. The van der Waals surface area contributed by atoms with Crippen molar-refractivity contribution in [2.75, 3.05) is 4.72 Å². The molecule has 11 heteroatoms. The van der Waals surface area contributed by atoms with E-state index in [1.54, 1.807) is 0 Å². The van der Waals surface area contributed by atoms with Crippen LogP contribution in [-0.2, 0) is 16.2 Å². The van der Waals surface area contributed by atoms with Gasteiger partial charge in [-0.05, 0) is 12.1 Å². The number of rotatable bonds is 4. The van der Waals surface area contributed by atoms with Crippen LogP contribution in [0.4, 0.5) is 18.3 Å². The molecule has 0 radical (unpaired) electrons. The minimum Gasteiger partial charge on any atom is -0.476 e. The van der Waals surface area contributed by atoms with Crippen molar-refractivity contribution in [3.8, 4) is 0 Å². The van der Waals surface area contributed by atoms with Gasteiger partial charge < -0.3 is 5.11 Å². The average Bonchev–Trinajstić information content (AvgIpc) is 2.86. The fourth-order valence-electron chi connectivity index (χ4n) is 1.52. The van der Waals surface area contributed by atoms with Crippen LogP contribution in [0.3, 0.4) is 0 Å². The van der Waals surface area contributed by atoms with Gasteiger partial charge in [0, 0.05) is 5.38 Å². The molecule has 0 aliphatic carbocycles. The Morgan fingerprint density at radius 3 is 2.45 bits per heavy atom. The lowest BCUT2D eigenvalue weighted by molar-refractivity contribution is -0.139. The second-order valence-corrected chi connectivity index (χ2v) is 6.45. The van der Waals surface area contributed by atoms with E-state index in [-0.39, 0.29) is 5.13 Å². The zero-order valence-corrected chi connectivity index (χ0v) is 12.1. The normalized spacial score (nSPS) is 12.1. The lowest BCUT2D eigenvalue weighted by Crippen LogP contribution is -2.18. The van der Waals surface area contributed by atoms with E-state index in [1.165, 1.54) is 0 Å². The Balaban J connectivity index is 2.41. The first-order chi connectivity index (χ1) is 10.1. The molecule has 0 amide bonds. The molecule has 0 unspecified atom stereocenters. The van der Waals surface area contributed by atoms with Gasteiger partial charge in [-0.15, -0.1) is 11.3 Å². The Morgan fingerprint density at radius 2 is 1.91 bits per heavy atom. The number of nitrogens with zero attached hydrogens (tertiary/aromatic N) is 1. The van der Waals surface area contributed by atoms with E-state index in [9.17, 15) is 26.4 Å². The summed E-state index contributed by atoms with van der Waals surface area (Å²) >= 11 is 0.649. The number of sulfonamides is 1. The highest BCUT2D eigenvalue weighted by Crippen LogP contribution is 2.34. The Morgan fingerprint density at radius 1 is 1.27 bits per heavy atom. The average molecular weight is 352 g/mol. The highest BCUT2D eigenvalue weighted by atomic mass is 32.2. The van der Waals surface area contributed by atoms with E-state index in [0.29, 0.717) is 17.4 Å². The maximum atomic E-state index is 12.8. The van der Waals surface area contributed by atoms with Gasteiger partial charge in [0.2, 0.25) is 0 Å². The first-order valence-corrected chi connectivity index (χ1v) is 7.85. The summed E-state index contributed by atoms with van der Waals surface area (Å²) < 4.78 is 64.5. The molecule has 2 aromatic rings. The van der Waals surface area contributed by atoms with Gasteiger partial charge in [0.05, 0.1) is 10.5 Å². The number of hydrogen-bond donors (Lipinski definition) is 2. The molecule has 0 bridgehead atoms. The zero-order chi connectivity index (χ0) is 16.5. The summed E-state index contributed by atoms with van der Waals surface area (Å²) in [6.07, 6.45) is -4.85. The van der Waals surface area contributed by atoms with Crippen molar-refractivity contribution in [3.63, 3.8) is 0 Å². The SMILES string of the molecule is O=C(O)c1csc(NS(=O)(=O)c2ccccc2C(F)(F)F)n1. The van der Waals surface area contributed by atoms with Crippen LogP contribution in [0.1, 0.15) is 16.1 Å². The molecule has 0 aliphatic heterocycles. The van der Waals surface area contributed by atoms with Crippen LogP contribution in [0.25, 0.3) is 0 Å². The third-order valence-corrected chi connectivity index (χ3v) is 4.71. The van der Waals surface area contributed by atoms with Crippen LogP contribution < -0.4 is 4.72 Å². The summed E-state index contributed by atoms with van der Waals surface area (Å²) in [6, 6.07) is 3.65. The van der Waals surface area contributed by atoms with Crippen molar-refractivity contribution in [2.45, 2.75) is 11.1 Å². The van der Waals surface area contributed by atoms with Crippen molar-refractivity contribution >= 4 is 32.5 Å². The number of anilines is 1. The third-order valence-electron chi connectivity index (χ3n) is 2.43. The van der Waals surface area contributed by atoms with E-state index in [4.69, 9.17) is 5.11 Å². The molecule has 118 valence electrons. The van der Waals surface area contributed by atoms with Crippen molar-refractivity contribution < 1.29 is 31.5 Å². The molecule has 2 rings (SSSR count). The number of carboxylic acid groups (broad SMARTS) is 1. The second kappa shape index (κ2) is 5.57. The topological polar surface area (TPSA) is 96.4 Å². The minimum absolute atomic E-state index is 0.339. The smallest absolute Gasteiger partial charge is 0.417 e. The van der Waals surface area contributed by atoms with E-state index >= 15 is 0 Å². The third kappa shape index (κ3) is 3.36. The van der Waals surface area contributed by atoms with Gasteiger partial charge in [0.15, 0.2) is 10.8 Å². The van der Waals surface area contributed by atoms with Crippen LogP contribution in [0.5, 0.6) is 0 Å². The molecule has 0 spiro atoms. The molecule has 1 aromatic carbocycles. The molecule has 1 aromatic heterocycles. The Hall–Kier alpha value is -2.14. The van der Waals surface area contributed by atoms with Gasteiger partial charge in [0.1, 0.15) is 0 Å². The largest absolute Gasteiger partial charge is 0.476 e. The fraction of sp³-hybridized carbons (Fsp3) is 0.0909. The van der Waals surface area contributed by atoms with Crippen LogP contribution >= 0.6 is 11.3 Å². The summed E-state index contributed by atoms with van der Waals surface area (Å²) in [7, 11) is -4.55. The van der Waals surface area contributed by atoms with Crippen molar-refractivity contribution in [1.29, 1.82) is 0 Å². The molecule has 0 aliphatic rings. The maximum absolute atomic E-state index is 12.8. The van der Waals surface area contributed by atoms with Crippen molar-refractivity contribution in [2.24, 2.45) is 0 Å². The predicted molar refractivity (Wildman–Crippen MR) is 71.3 cm³/mol. The number of benzene rings is 1. The van der Waals surface area contributed by atoms with Gasteiger partial charge in [-0.1, -0.05) is 12.1 Å². The number of thiazole rings is 1. The number of halogens is 3. The predicted octanol–water partition coefficient (Wildman–Crippen LogP) is 2.66. The highest BCUT2D eigenvalue weighted by molar-refractivity contribution is 7.93. The standard InChI is InChI=1S/C11H7F3N2O4S2/c12-11(13,14)6-3-1-2-4-8(6)22(19,20)16-10-15-7(5-21-10)9(17)18/h1-5H,(H,15,16)(H,17,18). The van der Waals surface area contributed by atoms with Gasteiger partial charge in [-0.2, -0.15) is 13.2 Å². The van der Waals surface area contributed by atoms with Gasteiger partial charge in [0.25, 0.3) is 10.0 Å². The lowest BCUT2D eigenvalue weighted by atomic mass is 10.2. The Kier molecular flexibility index (Phi) is 4.11. The van der Waals surface area contributed by atoms with Gasteiger partial charge in [-0.25, -0.2) is 18.2 Å². The van der Waals surface area contributed by atoms with Crippen LogP contribution in [0.15, 0.2) is 34.5 Å². The molecule has 1 heterocycles. The van der Waals surface area contributed by atoms with E-state index < -0.39 is 38.3 Å². The highest BCUT2D eigenvalue weighted by Gasteiger charge is 2.37. The summed E-state index contributed by atoms with van der Waals surface area (Å²) in [5, 5.41) is 9.41. The van der Waals surface area contributed by atoms with Gasteiger partial charge >= 0.3 is 12.1 Å². The number of carbonyl (C=O) groups is 1. The Bertz CT molecular complexity index is 815. The molecule has 2 N–H and O–H groups in total. The van der Waals surface area contributed by atoms with Crippen molar-refractivity contribution in [1.82, 2.24) is 4.98 Å². The zero-order valence-electron chi connectivity index (χ0n) is 10.5. The summed E-state index contributed by atoms with van der Waals surface area (Å²) in [6.45, 7) is 0. The van der Waals surface area contributed by atoms with E-state index in [2.05, 4.69) is 4.98 Å². The number of aromatic carboxylic acids is 1. The fourth-order valence-corrected chi connectivity index (χ4v) is 3.69. The van der Waals surface area contributed by atoms with E-state index in [0.717, 1.165) is 23.6 Å². The molecule has 0 fully saturated rings. The minimum atomic E-state index is -4.85.